The fourth-order valence-corrected chi connectivity index (χ4v) is 2.52. The van der Waals surface area contributed by atoms with Crippen LogP contribution in [0.15, 0.2) is 35.2 Å². The highest BCUT2D eigenvalue weighted by Crippen LogP contribution is 2.34. The molecule has 2 N–H and O–H groups in total. The minimum atomic E-state index is 0.420. The van der Waals surface area contributed by atoms with E-state index in [9.17, 15) is 0 Å². The first kappa shape index (κ1) is 11.0. The number of nitrogens with zero attached hydrogens (tertiary/aromatic N) is 2. The maximum atomic E-state index is 5.66. The lowest BCUT2D eigenvalue weighted by atomic mass is 10.1. The largest absolute Gasteiger partial charge is 0.496 e. The molecule has 90 valence electrons. The number of hydrogen-bond donors (Lipinski definition) is 1. The van der Waals surface area contributed by atoms with Crippen molar-refractivity contribution in [2.75, 3.05) is 12.8 Å². The van der Waals surface area contributed by atoms with E-state index in [1.54, 1.807) is 24.6 Å². The summed E-state index contributed by atoms with van der Waals surface area (Å²) in [4.78, 5) is 8.53. The molecule has 0 radical (unpaired) electrons. The van der Waals surface area contributed by atoms with Crippen LogP contribution in [0.5, 0.6) is 5.75 Å². The minimum Gasteiger partial charge on any atom is -0.496 e. The van der Waals surface area contributed by atoms with E-state index in [1.807, 2.05) is 23.6 Å². The van der Waals surface area contributed by atoms with E-state index in [1.165, 1.54) is 0 Å². The van der Waals surface area contributed by atoms with Gasteiger partial charge in [-0.1, -0.05) is 0 Å². The van der Waals surface area contributed by atoms with E-state index >= 15 is 0 Å². The number of anilines is 1. The van der Waals surface area contributed by atoms with Gasteiger partial charge in [0.2, 0.25) is 0 Å². The molecular weight excluding hydrogens is 246 g/mol. The summed E-state index contributed by atoms with van der Waals surface area (Å²) in [6, 6.07) is 5.89. The van der Waals surface area contributed by atoms with Gasteiger partial charge < -0.3 is 10.5 Å². The number of hydrogen-bond acceptors (Lipinski definition) is 5. The quantitative estimate of drug-likeness (QED) is 0.766. The number of thiophene rings is 1. The molecule has 5 heteroatoms. The van der Waals surface area contributed by atoms with Gasteiger partial charge in [0.1, 0.15) is 11.6 Å². The Morgan fingerprint density at radius 1 is 1.28 bits per heavy atom. The van der Waals surface area contributed by atoms with Crippen LogP contribution < -0.4 is 10.5 Å². The molecule has 0 fully saturated rings. The molecular formula is C13H11N3OS. The number of nitrogens with two attached hydrogens (primary N) is 1. The van der Waals surface area contributed by atoms with Crippen LogP contribution in [-0.2, 0) is 0 Å². The number of nitrogen functional groups attached to an aromatic ring is 1. The molecule has 3 rings (SSSR count). The Balaban J connectivity index is 2.29. The first-order valence-electron chi connectivity index (χ1n) is 5.41. The fraction of sp³-hybridized carbons (Fsp3) is 0.0769. The summed E-state index contributed by atoms with van der Waals surface area (Å²) in [6.45, 7) is 0. The SMILES string of the molecule is COc1cc2ncc(N)nc2cc1-c1ccsc1. The molecule has 0 spiro atoms. The van der Waals surface area contributed by atoms with Crippen molar-refractivity contribution < 1.29 is 4.74 Å². The summed E-state index contributed by atoms with van der Waals surface area (Å²) in [7, 11) is 1.65. The maximum absolute atomic E-state index is 5.66. The summed E-state index contributed by atoms with van der Waals surface area (Å²) < 4.78 is 5.41. The lowest BCUT2D eigenvalue weighted by Gasteiger charge is -2.08. The first-order valence-corrected chi connectivity index (χ1v) is 6.35. The van der Waals surface area contributed by atoms with Gasteiger partial charge in [-0.25, -0.2) is 4.98 Å². The summed E-state index contributed by atoms with van der Waals surface area (Å²) in [5.41, 5.74) is 9.33. The zero-order valence-corrected chi connectivity index (χ0v) is 10.6. The average Bonchev–Trinajstić information content (AvgIpc) is 2.90. The molecule has 0 aliphatic heterocycles. The van der Waals surface area contributed by atoms with Crippen LogP contribution in [0.25, 0.3) is 22.2 Å². The number of fused-ring (bicyclic) bond motifs is 1. The zero-order chi connectivity index (χ0) is 12.5. The molecule has 0 saturated carbocycles. The van der Waals surface area contributed by atoms with E-state index in [-0.39, 0.29) is 0 Å². The van der Waals surface area contributed by atoms with Gasteiger partial charge in [-0.3, -0.25) is 4.98 Å². The molecule has 0 aliphatic carbocycles. The standard InChI is InChI=1S/C13H11N3OS/c1-17-12-5-10-11(16-13(14)6-15-10)4-9(12)8-2-3-18-7-8/h2-7H,1H3,(H2,14,16). The van der Waals surface area contributed by atoms with Crippen LogP contribution in [-0.4, -0.2) is 17.1 Å². The molecule has 18 heavy (non-hydrogen) atoms. The number of rotatable bonds is 2. The van der Waals surface area contributed by atoms with E-state index < -0.39 is 0 Å². The van der Waals surface area contributed by atoms with Crippen LogP contribution in [0.2, 0.25) is 0 Å². The van der Waals surface area contributed by atoms with Crippen molar-refractivity contribution in [3.05, 3.63) is 35.2 Å². The van der Waals surface area contributed by atoms with Crippen molar-refractivity contribution in [2.45, 2.75) is 0 Å². The second kappa shape index (κ2) is 4.27. The minimum absolute atomic E-state index is 0.420. The summed E-state index contributed by atoms with van der Waals surface area (Å²) in [5, 5.41) is 4.10. The van der Waals surface area contributed by atoms with Crippen molar-refractivity contribution in [1.82, 2.24) is 9.97 Å². The zero-order valence-electron chi connectivity index (χ0n) is 9.75. The van der Waals surface area contributed by atoms with Crippen LogP contribution in [0, 0.1) is 0 Å². The second-order valence-electron chi connectivity index (χ2n) is 3.85. The molecule has 0 amide bonds. The van der Waals surface area contributed by atoms with Gasteiger partial charge in [-0.05, 0) is 28.5 Å². The highest BCUT2D eigenvalue weighted by Gasteiger charge is 2.10. The normalized spacial score (nSPS) is 10.7. The lowest BCUT2D eigenvalue weighted by molar-refractivity contribution is 0.417. The van der Waals surface area contributed by atoms with Crippen molar-refractivity contribution >= 4 is 28.2 Å². The predicted octanol–water partition coefficient (Wildman–Crippen LogP) is 2.95. The topological polar surface area (TPSA) is 61.0 Å². The maximum Gasteiger partial charge on any atom is 0.142 e. The second-order valence-corrected chi connectivity index (χ2v) is 4.63. The lowest BCUT2D eigenvalue weighted by Crippen LogP contribution is -1.94. The monoisotopic (exact) mass is 257 g/mol. The molecule has 0 atom stereocenters. The first-order chi connectivity index (χ1) is 8.78. The van der Waals surface area contributed by atoms with Crippen molar-refractivity contribution in [1.29, 1.82) is 0 Å². The van der Waals surface area contributed by atoms with Crippen molar-refractivity contribution in [3.8, 4) is 16.9 Å². The Bertz CT molecular complexity index is 695. The van der Waals surface area contributed by atoms with Gasteiger partial charge >= 0.3 is 0 Å². The molecule has 2 aromatic heterocycles. The van der Waals surface area contributed by atoms with Gasteiger partial charge in [0.15, 0.2) is 0 Å². The molecule has 0 bridgehead atoms. The van der Waals surface area contributed by atoms with Gasteiger partial charge in [0.25, 0.3) is 0 Å². The number of ether oxygens (including phenoxy) is 1. The van der Waals surface area contributed by atoms with E-state index in [2.05, 4.69) is 15.3 Å². The van der Waals surface area contributed by atoms with Crippen LogP contribution in [0.4, 0.5) is 5.82 Å². The number of aromatic nitrogens is 2. The number of methoxy groups -OCH3 is 1. The molecule has 0 unspecified atom stereocenters. The molecule has 0 saturated heterocycles. The average molecular weight is 257 g/mol. The summed E-state index contributed by atoms with van der Waals surface area (Å²) >= 11 is 1.65. The third-order valence-corrected chi connectivity index (χ3v) is 3.40. The third-order valence-electron chi connectivity index (χ3n) is 2.71. The Hall–Kier alpha value is -2.14. The molecule has 2 heterocycles. The predicted molar refractivity (Wildman–Crippen MR) is 73.8 cm³/mol. The molecule has 0 aliphatic rings. The Morgan fingerprint density at radius 3 is 2.89 bits per heavy atom. The van der Waals surface area contributed by atoms with E-state index in [0.717, 1.165) is 27.9 Å². The fourth-order valence-electron chi connectivity index (χ4n) is 1.87. The number of benzene rings is 1. The summed E-state index contributed by atoms with van der Waals surface area (Å²) in [6.07, 6.45) is 1.55. The highest BCUT2D eigenvalue weighted by molar-refractivity contribution is 7.08. The van der Waals surface area contributed by atoms with Crippen LogP contribution >= 0.6 is 11.3 Å². The Morgan fingerprint density at radius 2 is 2.17 bits per heavy atom. The van der Waals surface area contributed by atoms with Gasteiger partial charge in [-0.15, -0.1) is 0 Å². The third kappa shape index (κ3) is 1.78. The van der Waals surface area contributed by atoms with Gasteiger partial charge in [0, 0.05) is 11.6 Å². The van der Waals surface area contributed by atoms with Crippen LogP contribution in [0.3, 0.4) is 0 Å². The van der Waals surface area contributed by atoms with Crippen molar-refractivity contribution in [2.24, 2.45) is 0 Å². The van der Waals surface area contributed by atoms with Gasteiger partial charge in [-0.2, -0.15) is 11.3 Å². The van der Waals surface area contributed by atoms with E-state index in [4.69, 9.17) is 10.5 Å². The summed E-state index contributed by atoms with van der Waals surface area (Å²) in [5.74, 6) is 1.21. The smallest absolute Gasteiger partial charge is 0.142 e. The molecule has 3 aromatic rings. The molecule has 1 aromatic carbocycles. The van der Waals surface area contributed by atoms with Gasteiger partial charge in [0.05, 0.1) is 24.3 Å². The molecule has 4 nitrogen and oxygen atoms in total. The van der Waals surface area contributed by atoms with Crippen LogP contribution in [0.1, 0.15) is 0 Å². The Labute approximate surface area is 108 Å². The van der Waals surface area contributed by atoms with E-state index in [0.29, 0.717) is 5.82 Å². The van der Waals surface area contributed by atoms with Crippen molar-refractivity contribution in [3.63, 3.8) is 0 Å². The Kier molecular flexibility index (Phi) is 2.60. The highest BCUT2D eigenvalue weighted by atomic mass is 32.1.